The summed E-state index contributed by atoms with van der Waals surface area (Å²) in [6.45, 7) is 4.12. The lowest BCUT2D eigenvalue weighted by atomic mass is 9.98. The van der Waals surface area contributed by atoms with E-state index in [0.717, 1.165) is 11.3 Å². The summed E-state index contributed by atoms with van der Waals surface area (Å²) < 4.78 is 39.9. The molecule has 0 aliphatic carbocycles. The summed E-state index contributed by atoms with van der Waals surface area (Å²) in [5.74, 6) is 1.35. The van der Waals surface area contributed by atoms with E-state index >= 15 is 0 Å². The molecule has 1 atom stereocenters. The number of hydrogen-bond donors (Lipinski definition) is 1. The van der Waals surface area contributed by atoms with Crippen LogP contribution in [0.3, 0.4) is 0 Å². The third-order valence-electron chi connectivity index (χ3n) is 3.94. The molecule has 1 N–H and O–H groups in total. The molecule has 0 bridgehead atoms. The molecule has 0 unspecified atom stereocenters. The summed E-state index contributed by atoms with van der Waals surface area (Å²) in [6, 6.07) is 12.0. The van der Waals surface area contributed by atoms with Crippen LogP contribution in [-0.4, -0.2) is 22.6 Å². The first kappa shape index (κ1) is 20.7. The van der Waals surface area contributed by atoms with E-state index in [0.29, 0.717) is 22.6 Å². The fourth-order valence-electron chi connectivity index (χ4n) is 2.67. The Bertz CT molecular complexity index is 835. The van der Waals surface area contributed by atoms with Crippen molar-refractivity contribution in [3.63, 3.8) is 0 Å². The zero-order chi connectivity index (χ0) is 19.3. The Morgan fingerprint density at radius 1 is 1.04 bits per heavy atom. The van der Waals surface area contributed by atoms with Gasteiger partial charge >= 0.3 is 0 Å². The highest BCUT2D eigenvalue weighted by Gasteiger charge is 2.25. The number of nitrogens with one attached hydrogen (secondary N) is 1. The lowest BCUT2D eigenvalue weighted by Crippen LogP contribution is -2.30. The van der Waals surface area contributed by atoms with Crippen molar-refractivity contribution in [1.82, 2.24) is 4.72 Å². The Hall–Kier alpha value is -1.57. The van der Waals surface area contributed by atoms with E-state index in [2.05, 4.69) is 34.5 Å². The second kappa shape index (κ2) is 8.88. The lowest BCUT2D eigenvalue weighted by Gasteiger charge is -2.22. The zero-order valence-electron chi connectivity index (χ0n) is 15.3. The van der Waals surface area contributed by atoms with Crippen LogP contribution in [0.15, 0.2) is 51.8 Å². The molecule has 0 aromatic heterocycles. The topological polar surface area (TPSA) is 64.6 Å². The van der Waals surface area contributed by atoms with Crippen molar-refractivity contribution < 1.29 is 17.9 Å². The number of halogens is 1. The smallest absolute Gasteiger partial charge is 0.244 e. The second-order valence-corrected chi connectivity index (χ2v) is 8.97. The number of benzene rings is 2. The molecule has 7 heteroatoms. The molecule has 5 nitrogen and oxygen atoms in total. The van der Waals surface area contributed by atoms with Gasteiger partial charge in [-0.05, 0) is 48.2 Å². The highest BCUT2D eigenvalue weighted by Crippen LogP contribution is 2.30. The van der Waals surface area contributed by atoms with Gasteiger partial charge in [-0.3, -0.25) is 0 Å². The van der Waals surface area contributed by atoms with Gasteiger partial charge < -0.3 is 9.47 Å². The number of rotatable bonds is 8. The van der Waals surface area contributed by atoms with E-state index in [9.17, 15) is 8.42 Å². The predicted octanol–water partition coefficient (Wildman–Crippen LogP) is 4.53. The van der Waals surface area contributed by atoms with Crippen LogP contribution in [0.4, 0.5) is 0 Å². The molecule has 0 spiro atoms. The Labute approximate surface area is 163 Å². The first-order chi connectivity index (χ1) is 12.3. The SMILES string of the molecule is COc1ccc([C@@H](CC(C)C)NS(=O)(=O)c2cc(Br)ccc2OC)cc1. The molecule has 26 heavy (non-hydrogen) atoms. The molecule has 0 heterocycles. The van der Waals surface area contributed by atoms with E-state index in [-0.39, 0.29) is 10.9 Å². The Kier molecular flexibility index (Phi) is 7.08. The maximum absolute atomic E-state index is 13.0. The van der Waals surface area contributed by atoms with E-state index < -0.39 is 10.0 Å². The summed E-state index contributed by atoms with van der Waals surface area (Å²) in [4.78, 5) is 0.108. The molecule has 0 radical (unpaired) electrons. The quantitative estimate of drug-likeness (QED) is 0.653. The molecule has 0 amide bonds. The van der Waals surface area contributed by atoms with Crippen LogP contribution in [0.25, 0.3) is 0 Å². The van der Waals surface area contributed by atoms with Gasteiger partial charge in [-0.2, -0.15) is 0 Å². The van der Waals surface area contributed by atoms with Gasteiger partial charge in [0.2, 0.25) is 10.0 Å². The maximum Gasteiger partial charge on any atom is 0.244 e. The van der Waals surface area contributed by atoms with E-state index in [1.54, 1.807) is 25.3 Å². The Balaban J connectivity index is 2.39. The van der Waals surface area contributed by atoms with Crippen molar-refractivity contribution in [1.29, 1.82) is 0 Å². The van der Waals surface area contributed by atoms with Gasteiger partial charge in [0.05, 0.1) is 14.2 Å². The third-order valence-corrected chi connectivity index (χ3v) is 5.92. The number of methoxy groups -OCH3 is 2. The van der Waals surface area contributed by atoms with Crippen molar-refractivity contribution in [2.45, 2.75) is 31.2 Å². The van der Waals surface area contributed by atoms with Crippen molar-refractivity contribution in [2.75, 3.05) is 14.2 Å². The molecule has 2 aromatic carbocycles. The Morgan fingerprint density at radius 3 is 2.23 bits per heavy atom. The molecule has 0 saturated carbocycles. The summed E-state index contributed by atoms with van der Waals surface area (Å²) in [5, 5.41) is 0. The van der Waals surface area contributed by atoms with E-state index in [4.69, 9.17) is 9.47 Å². The van der Waals surface area contributed by atoms with Crippen molar-refractivity contribution in [2.24, 2.45) is 5.92 Å². The molecule has 0 aliphatic heterocycles. The lowest BCUT2D eigenvalue weighted by molar-refractivity contribution is 0.401. The van der Waals surface area contributed by atoms with Crippen LogP contribution >= 0.6 is 15.9 Å². The van der Waals surface area contributed by atoms with Crippen LogP contribution in [-0.2, 0) is 10.0 Å². The van der Waals surface area contributed by atoms with Gasteiger partial charge in [-0.15, -0.1) is 0 Å². The first-order valence-electron chi connectivity index (χ1n) is 8.26. The van der Waals surface area contributed by atoms with Gasteiger partial charge in [-0.1, -0.05) is 41.9 Å². The number of sulfonamides is 1. The standard InChI is InChI=1S/C19H24BrNO4S/c1-13(2)11-17(14-5-8-16(24-3)9-6-14)21-26(22,23)19-12-15(20)7-10-18(19)25-4/h5-10,12-13,17,21H,11H2,1-4H3/t17-/m1/s1. The van der Waals surface area contributed by atoms with Crippen LogP contribution < -0.4 is 14.2 Å². The average molecular weight is 442 g/mol. The second-order valence-electron chi connectivity index (χ2n) is 6.37. The van der Waals surface area contributed by atoms with Crippen LogP contribution in [0.2, 0.25) is 0 Å². The first-order valence-corrected chi connectivity index (χ1v) is 10.5. The predicted molar refractivity (Wildman–Crippen MR) is 106 cm³/mol. The maximum atomic E-state index is 13.0. The minimum atomic E-state index is -3.77. The van der Waals surface area contributed by atoms with Gasteiger partial charge in [0.1, 0.15) is 16.4 Å². The van der Waals surface area contributed by atoms with Gasteiger partial charge in [0.25, 0.3) is 0 Å². The molecular formula is C19H24BrNO4S. The Morgan fingerprint density at radius 2 is 1.69 bits per heavy atom. The highest BCUT2D eigenvalue weighted by atomic mass is 79.9. The summed E-state index contributed by atoms with van der Waals surface area (Å²) in [7, 11) is -0.715. The highest BCUT2D eigenvalue weighted by molar-refractivity contribution is 9.10. The zero-order valence-corrected chi connectivity index (χ0v) is 17.7. The fourth-order valence-corrected chi connectivity index (χ4v) is 4.62. The van der Waals surface area contributed by atoms with Crippen molar-refractivity contribution >= 4 is 26.0 Å². The van der Waals surface area contributed by atoms with E-state index in [1.807, 2.05) is 24.3 Å². The number of hydrogen-bond acceptors (Lipinski definition) is 4. The molecule has 2 aromatic rings. The van der Waals surface area contributed by atoms with Crippen LogP contribution in [0.5, 0.6) is 11.5 Å². The van der Waals surface area contributed by atoms with Crippen molar-refractivity contribution in [3.05, 3.63) is 52.5 Å². The van der Waals surface area contributed by atoms with E-state index in [1.165, 1.54) is 7.11 Å². The monoisotopic (exact) mass is 441 g/mol. The minimum Gasteiger partial charge on any atom is -0.497 e. The largest absolute Gasteiger partial charge is 0.497 e. The summed E-state index contributed by atoms with van der Waals surface area (Å²) >= 11 is 3.32. The summed E-state index contributed by atoms with van der Waals surface area (Å²) in [6.07, 6.45) is 0.669. The van der Waals surface area contributed by atoms with Crippen LogP contribution in [0.1, 0.15) is 31.9 Å². The fraction of sp³-hybridized carbons (Fsp3) is 0.368. The van der Waals surface area contributed by atoms with Gasteiger partial charge in [0.15, 0.2) is 0 Å². The molecule has 0 saturated heterocycles. The average Bonchev–Trinajstić information content (AvgIpc) is 2.60. The third kappa shape index (κ3) is 5.22. The summed E-state index contributed by atoms with van der Waals surface area (Å²) in [5.41, 5.74) is 0.886. The normalized spacial score (nSPS) is 12.8. The molecule has 0 aliphatic rings. The van der Waals surface area contributed by atoms with Gasteiger partial charge in [-0.25, -0.2) is 13.1 Å². The number of ether oxygens (including phenoxy) is 2. The van der Waals surface area contributed by atoms with Crippen molar-refractivity contribution in [3.8, 4) is 11.5 Å². The molecule has 142 valence electrons. The minimum absolute atomic E-state index is 0.108. The molecule has 0 fully saturated rings. The van der Waals surface area contributed by atoms with Crippen LogP contribution in [0, 0.1) is 5.92 Å². The molecular weight excluding hydrogens is 418 g/mol. The molecule has 2 rings (SSSR count). The van der Waals surface area contributed by atoms with Gasteiger partial charge in [0, 0.05) is 10.5 Å².